The summed E-state index contributed by atoms with van der Waals surface area (Å²) in [7, 11) is 4.72. The molecule has 35 heavy (non-hydrogen) atoms. The molecule has 0 aliphatic rings. The molecule has 1 unspecified atom stereocenters. The fraction of sp³-hybridized carbons (Fsp3) is 0.148. The smallest absolute Gasteiger partial charge is 0.203 e. The van der Waals surface area contributed by atoms with Gasteiger partial charge in [0.05, 0.1) is 37.1 Å². The van der Waals surface area contributed by atoms with Gasteiger partial charge in [0.25, 0.3) is 0 Å². The van der Waals surface area contributed by atoms with E-state index >= 15 is 0 Å². The van der Waals surface area contributed by atoms with Gasteiger partial charge in [-0.15, -0.1) is 0 Å². The maximum absolute atomic E-state index is 11.1. The number of hydrogen-bond donors (Lipinski definition) is 2. The zero-order valence-electron chi connectivity index (χ0n) is 19.3. The van der Waals surface area contributed by atoms with E-state index in [1.165, 1.54) is 11.3 Å². The van der Waals surface area contributed by atoms with Crippen LogP contribution in [-0.2, 0) is 0 Å². The molecule has 8 heteroatoms. The maximum atomic E-state index is 11.1. The standard InChI is InChI=1S/C27H23ClN2O4S/c1-32-20-13-16(14-21(33-2)26(20)34-3)24(23-17-8-5-4-7-15(17)11-12-19(23)31)29-27-30-25-18(28)9-6-10-22(25)35-27/h4-14,24,31H,1-3H3,(H,29,30). The first-order valence-corrected chi connectivity index (χ1v) is 12.1. The van der Waals surface area contributed by atoms with Crippen LogP contribution in [0.4, 0.5) is 5.13 Å². The molecule has 0 saturated heterocycles. The highest BCUT2D eigenvalue weighted by Crippen LogP contribution is 2.45. The van der Waals surface area contributed by atoms with E-state index in [-0.39, 0.29) is 5.75 Å². The number of methoxy groups -OCH3 is 3. The number of phenols is 1. The third kappa shape index (κ3) is 4.17. The van der Waals surface area contributed by atoms with Crippen molar-refractivity contribution in [2.75, 3.05) is 26.6 Å². The highest BCUT2D eigenvalue weighted by atomic mass is 35.5. The van der Waals surface area contributed by atoms with Crippen molar-refractivity contribution in [1.29, 1.82) is 0 Å². The van der Waals surface area contributed by atoms with Gasteiger partial charge >= 0.3 is 0 Å². The van der Waals surface area contributed by atoms with Gasteiger partial charge in [0, 0.05) is 5.56 Å². The molecule has 1 heterocycles. The van der Waals surface area contributed by atoms with Crippen molar-refractivity contribution in [2.45, 2.75) is 6.04 Å². The SMILES string of the molecule is COc1cc(C(Nc2nc3c(Cl)cccc3s2)c2c(O)ccc3ccccc23)cc(OC)c1OC. The number of phenolic OH excluding ortho intramolecular Hbond substituents is 1. The molecule has 4 aromatic carbocycles. The van der Waals surface area contributed by atoms with Crippen LogP contribution >= 0.6 is 22.9 Å². The minimum atomic E-state index is -0.492. The molecule has 0 amide bonds. The summed E-state index contributed by atoms with van der Waals surface area (Å²) in [4.78, 5) is 4.74. The molecule has 0 aliphatic heterocycles. The third-order valence-electron chi connectivity index (χ3n) is 5.89. The summed E-state index contributed by atoms with van der Waals surface area (Å²) >= 11 is 7.88. The summed E-state index contributed by atoms with van der Waals surface area (Å²) in [5.41, 5.74) is 2.24. The van der Waals surface area contributed by atoms with Crippen molar-refractivity contribution in [3.63, 3.8) is 0 Å². The van der Waals surface area contributed by atoms with E-state index in [2.05, 4.69) is 5.32 Å². The van der Waals surface area contributed by atoms with Gasteiger partial charge in [-0.25, -0.2) is 4.98 Å². The molecule has 2 N–H and O–H groups in total. The number of aromatic nitrogens is 1. The van der Waals surface area contributed by atoms with Crippen molar-refractivity contribution in [3.8, 4) is 23.0 Å². The third-order valence-corrected chi connectivity index (χ3v) is 7.15. The molecule has 6 nitrogen and oxygen atoms in total. The Hall–Kier alpha value is -3.68. The maximum Gasteiger partial charge on any atom is 0.203 e. The molecular formula is C27H23ClN2O4S. The molecule has 1 atom stereocenters. The Morgan fingerprint density at radius 2 is 1.66 bits per heavy atom. The van der Waals surface area contributed by atoms with E-state index in [1.807, 2.05) is 60.7 Å². The van der Waals surface area contributed by atoms with Crippen LogP contribution in [0.15, 0.2) is 66.7 Å². The first-order valence-electron chi connectivity index (χ1n) is 10.9. The van der Waals surface area contributed by atoms with Crippen molar-refractivity contribution in [2.24, 2.45) is 0 Å². The Balaban J connectivity index is 1.74. The van der Waals surface area contributed by atoms with E-state index in [0.29, 0.717) is 33.0 Å². The number of aromatic hydroxyl groups is 1. The average molecular weight is 507 g/mol. The normalized spacial score (nSPS) is 12.0. The highest BCUT2D eigenvalue weighted by Gasteiger charge is 2.25. The van der Waals surface area contributed by atoms with Gasteiger partial charge in [-0.3, -0.25) is 0 Å². The first kappa shape index (κ1) is 23.1. The second-order valence-electron chi connectivity index (χ2n) is 7.86. The van der Waals surface area contributed by atoms with Crippen LogP contribution in [0.1, 0.15) is 17.2 Å². The predicted octanol–water partition coefficient (Wildman–Crippen LogP) is 7.04. The van der Waals surface area contributed by atoms with E-state index in [1.54, 1.807) is 27.4 Å². The summed E-state index contributed by atoms with van der Waals surface area (Å²) in [6, 6.07) is 20.5. The summed E-state index contributed by atoms with van der Waals surface area (Å²) in [5, 5.41) is 17.8. The monoisotopic (exact) mass is 506 g/mol. The van der Waals surface area contributed by atoms with Crippen molar-refractivity contribution in [3.05, 3.63) is 82.9 Å². The molecule has 0 radical (unpaired) electrons. The number of rotatable bonds is 7. The number of ether oxygens (including phenoxy) is 3. The zero-order valence-corrected chi connectivity index (χ0v) is 20.9. The Labute approximate surface area is 211 Å². The van der Waals surface area contributed by atoms with Gasteiger partial charge < -0.3 is 24.6 Å². The molecule has 5 rings (SSSR count). The number of hydrogen-bond acceptors (Lipinski definition) is 7. The van der Waals surface area contributed by atoms with Gasteiger partial charge in [0.15, 0.2) is 16.6 Å². The van der Waals surface area contributed by atoms with Gasteiger partial charge in [-0.2, -0.15) is 0 Å². The molecule has 0 fully saturated rings. The molecular weight excluding hydrogens is 484 g/mol. The Kier molecular flexibility index (Phi) is 6.28. The van der Waals surface area contributed by atoms with Crippen LogP contribution in [-0.4, -0.2) is 31.4 Å². The van der Waals surface area contributed by atoms with Gasteiger partial charge in [-0.1, -0.05) is 59.3 Å². The number of para-hydroxylation sites is 1. The molecule has 0 bridgehead atoms. The van der Waals surface area contributed by atoms with Gasteiger partial charge in [0.2, 0.25) is 5.75 Å². The number of nitrogens with zero attached hydrogens (tertiary/aromatic N) is 1. The minimum Gasteiger partial charge on any atom is -0.508 e. The van der Waals surface area contributed by atoms with Gasteiger partial charge in [0.1, 0.15) is 11.3 Å². The number of halogens is 1. The van der Waals surface area contributed by atoms with Crippen LogP contribution in [0.5, 0.6) is 23.0 Å². The fourth-order valence-corrected chi connectivity index (χ4v) is 5.47. The molecule has 178 valence electrons. The topological polar surface area (TPSA) is 72.8 Å². The van der Waals surface area contributed by atoms with E-state index in [9.17, 15) is 5.11 Å². The summed E-state index contributed by atoms with van der Waals surface area (Å²) in [5.74, 6) is 1.68. The van der Waals surface area contributed by atoms with Crippen molar-refractivity contribution < 1.29 is 19.3 Å². The Bertz CT molecular complexity index is 1510. The van der Waals surface area contributed by atoms with Crippen LogP contribution < -0.4 is 19.5 Å². The number of thiazole rings is 1. The number of anilines is 1. The molecule has 0 aliphatic carbocycles. The molecule has 5 aromatic rings. The van der Waals surface area contributed by atoms with Crippen LogP contribution in [0.3, 0.4) is 0 Å². The zero-order chi connectivity index (χ0) is 24.5. The van der Waals surface area contributed by atoms with Crippen molar-refractivity contribution >= 4 is 49.1 Å². The van der Waals surface area contributed by atoms with Gasteiger partial charge in [-0.05, 0) is 46.7 Å². The summed E-state index contributed by atoms with van der Waals surface area (Å²) in [6.07, 6.45) is 0. The Morgan fingerprint density at radius 3 is 2.34 bits per heavy atom. The van der Waals surface area contributed by atoms with E-state index in [4.69, 9.17) is 30.8 Å². The lowest BCUT2D eigenvalue weighted by Gasteiger charge is -2.24. The highest BCUT2D eigenvalue weighted by molar-refractivity contribution is 7.22. The lowest BCUT2D eigenvalue weighted by molar-refractivity contribution is 0.323. The van der Waals surface area contributed by atoms with Crippen LogP contribution in [0.25, 0.3) is 21.0 Å². The average Bonchev–Trinajstić information content (AvgIpc) is 3.31. The first-order chi connectivity index (χ1) is 17.0. The Morgan fingerprint density at radius 1 is 0.914 bits per heavy atom. The number of nitrogens with one attached hydrogen (secondary N) is 1. The second-order valence-corrected chi connectivity index (χ2v) is 9.30. The van der Waals surface area contributed by atoms with Crippen LogP contribution in [0, 0.1) is 0 Å². The van der Waals surface area contributed by atoms with E-state index < -0.39 is 6.04 Å². The molecule has 1 aromatic heterocycles. The molecule has 0 saturated carbocycles. The summed E-state index contributed by atoms with van der Waals surface area (Å²) < 4.78 is 17.7. The van der Waals surface area contributed by atoms with E-state index in [0.717, 1.165) is 26.6 Å². The number of benzene rings is 4. The summed E-state index contributed by atoms with van der Waals surface area (Å²) in [6.45, 7) is 0. The lowest BCUT2D eigenvalue weighted by atomic mass is 9.92. The van der Waals surface area contributed by atoms with Crippen LogP contribution in [0.2, 0.25) is 5.02 Å². The predicted molar refractivity (Wildman–Crippen MR) is 142 cm³/mol. The van der Waals surface area contributed by atoms with Crippen molar-refractivity contribution in [1.82, 2.24) is 4.98 Å². The quantitative estimate of drug-likeness (QED) is 0.247. The lowest BCUT2D eigenvalue weighted by Crippen LogP contribution is -2.14. The largest absolute Gasteiger partial charge is 0.508 e. The minimum absolute atomic E-state index is 0.161. The second kappa shape index (κ2) is 9.52. The number of fused-ring (bicyclic) bond motifs is 2. The fourth-order valence-electron chi connectivity index (χ4n) is 4.28. The molecule has 0 spiro atoms.